The summed E-state index contributed by atoms with van der Waals surface area (Å²) >= 11 is 6.25. The Morgan fingerprint density at radius 2 is 1.93 bits per heavy atom. The van der Waals surface area contributed by atoms with Crippen LogP contribution in [0.15, 0.2) is 17.3 Å². The van der Waals surface area contributed by atoms with Crippen molar-refractivity contribution in [2.24, 2.45) is 16.3 Å². The molecule has 5 nitrogen and oxygen atoms in total. The molecule has 158 valence electrons. The van der Waals surface area contributed by atoms with Crippen molar-refractivity contribution < 1.29 is 9.53 Å². The van der Waals surface area contributed by atoms with E-state index in [0.717, 1.165) is 45.5 Å². The summed E-state index contributed by atoms with van der Waals surface area (Å²) in [7, 11) is 0. The lowest BCUT2D eigenvalue weighted by molar-refractivity contribution is -0.144. The van der Waals surface area contributed by atoms with Crippen molar-refractivity contribution in [3.63, 3.8) is 0 Å². The molecule has 3 rings (SSSR count). The van der Waals surface area contributed by atoms with Crippen molar-refractivity contribution in [2.75, 3.05) is 39.3 Å². The van der Waals surface area contributed by atoms with Gasteiger partial charge in [-0.2, -0.15) is 0 Å². The minimum absolute atomic E-state index is 0.0218. The third-order valence-corrected chi connectivity index (χ3v) is 6.49. The van der Waals surface area contributed by atoms with Gasteiger partial charge < -0.3 is 14.5 Å². The number of nitrogens with zero attached hydrogens (tertiary/aromatic N) is 3. The third-order valence-electron chi connectivity index (χ3n) is 6.24. The van der Waals surface area contributed by atoms with E-state index in [0.29, 0.717) is 11.6 Å². The molecule has 0 aromatic carbocycles. The molecule has 2 fully saturated rings. The molecule has 0 aromatic heterocycles. The third kappa shape index (κ3) is 5.80. The van der Waals surface area contributed by atoms with Crippen LogP contribution in [-0.4, -0.2) is 65.8 Å². The largest absolute Gasteiger partial charge is 0.373 e. The zero-order chi connectivity index (χ0) is 20.2. The van der Waals surface area contributed by atoms with Crippen molar-refractivity contribution in [1.82, 2.24) is 9.80 Å². The first-order chi connectivity index (χ1) is 13.3. The Morgan fingerprint density at radius 1 is 1.25 bits per heavy atom. The Balaban J connectivity index is 1.62. The number of halogens is 1. The summed E-state index contributed by atoms with van der Waals surface area (Å²) in [5.41, 5.74) is -0.223. The van der Waals surface area contributed by atoms with Crippen LogP contribution in [-0.2, 0) is 9.53 Å². The van der Waals surface area contributed by atoms with Crippen LogP contribution in [0.2, 0.25) is 0 Å². The summed E-state index contributed by atoms with van der Waals surface area (Å²) in [5, 5.41) is 0.654. The van der Waals surface area contributed by atoms with Gasteiger partial charge in [-0.25, -0.2) is 4.99 Å². The average molecular weight is 410 g/mol. The Kier molecular flexibility index (Phi) is 7.21. The molecule has 0 spiro atoms. The van der Waals surface area contributed by atoms with Crippen LogP contribution in [0, 0.1) is 11.3 Å². The number of aliphatic imine (C=N–C) groups is 1. The first kappa shape index (κ1) is 21.8. The molecule has 0 aromatic rings. The second-order valence-electron chi connectivity index (χ2n) is 9.74. The van der Waals surface area contributed by atoms with Crippen molar-refractivity contribution in [2.45, 2.75) is 64.9 Å². The smallest absolute Gasteiger partial charge is 0.223 e. The maximum Gasteiger partial charge on any atom is 0.223 e. The Bertz CT molecular complexity index is 597. The molecule has 0 aliphatic carbocycles. The van der Waals surface area contributed by atoms with Gasteiger partial charge in [-0.3, -0.25) is 4.79 Å². The van der Waals surface area contributed by atoms with Gasteiger partial charge in [0.05, 0.1) is 12.2 Å². The lowest BCUT2D eigenvalue weighted by Crippen LogP contribution is -2.53. The highest BCUT2D eigenvalue weighted by atomic mass is 35.5. The number of amides is 1. The molecule has 3 aliphatic heterocycles. The van der Waals surface area contributed by atoms with Crippen LogP contribution in [0.5, 0.6) is 0 Å². The van der Waals surface area contributed by atoms with Gasteiger partial charge in [-0.1, -0.05) is 38.4 Å². The van der Waals surface area contributed by atoms with Crippen LogP contribution in [0.4, 0.5) is 0 Å². The van der Waals surface area contributed by atoms with E-state index in [2.05, 4.69) is 36.7 Å². The van der Waals surface area contributed by atoms with Crippen molar-refractivity contribution in [3.05, 3.63) is 12.3 Å². The lowest BCUT2D eigenvalue weighted by Gasteiger charge is -2.46. The van der Waals surface area contributed by atoms with E-state index in [4.69, 9.17) is 16.3 Å². The van der Waals surface area contributed by atoms with Crippen molar-refractivity contribution in [1.29, 1.82) is 0 Å². The number of carbonyl (C=O) groups is 1. The second-order valence-corrected chi connectivity index (χ2v) is 10.2. The molecule has 0 saturated carbocycles. The molecule has 0 N–H and O–H groups in total. The molecule has 3 heterocycles. The fourth-order valence-electron chi connectivity index (χ4n) is 4.60. The van der Waals surface area contributed by atoms with Gasteiger partial charge in [0.2, 0.25) is 5.91 Å². The van der Waals surface area contributed by atoms with Crippen LogP contribution < -0.4 is 0 Å². The monoisotopic (exact) mass is 409 g/mol. The average Bonchev–Trinajstić information content (AvgIpc) is 3.14. The summed E-state index contributed by atoms with van der Waals surface area (Å²) < 4.78 is 6.60. The van der Waals surface area contributed by atoms with Crippen LogP contribution in [0.1, 0.15) is 59.3 Å². The van der Waals surface area contributed by atoms with Crippen molar-refractivity contribution >= 4 is 22.7 Å². The number of piperidine rings is 1. The van der Waals surface area contributed by atoms with Gasteiger partial charge in [0.15, 0.2) is 0 Å². The fraction of sp³-hybridized carbons (Fsp3) is 0.818. The van der Waals surface area contributed by atoms with Gasteiger partial charge >= 0.3 is 0 Å². The van der Waals surface area contributed by atoms with E-state index >= 15 is 0 Å². The quantitative estimate of drug-likeness (QED) is 0.664. The number of rotatable bonds is 6. The standard InChI is InChI=1S/C22H36ClN3O2/c1-21(2,3)17-20(27)26-12-7-22(8-13-26,18-6-9-24-19(23)16-18)28-15-14-25-10-4-5-11-25/h6,9,18H,4-5,7-8,10-17H2,1-3H3. The summed E-state index contributed by atoms with van der Waals surface area (Å²) in [6.45, 7) is 12.0. The highest BCUT2D eigenvalue weighted by Crippen LogP contribution is 2.39. The van der Waals surface area contributed by atoms with Crippen LogP contribution >= 0.6 is 11.6 Å². The predicted octanol–water partition coefficient (Wildman–Crippen LogP) is 4.07. The first-order valence-electron chi connectivity index (χ1n) is 10.8. The summed E-state index contributed by atoms with van der Waals surface area (Å²) in [5.74, 6) is 0.493. The minimum atomic E-state index is -0.245. The van der Waals surface area contributed by atoms with Gasteiger partial charge in [-0.15, -0.1) is 0 Å². The summed E-state index contributed by atoms with van der Waals surface area (Å²) in [6, 6.07) is 0. The highest BCUT2D eigenvalue weighted by Gasteiger charge is 2.43. The zero-order valence-electron chi connectivity index (χ0n) is 17.8. The molecule has 28 heavy (non-hydrogen) atoms. The zero-order valence-corrected chi connectivity index (χ0v) is 18.5. The highest BCUT2D eigenvalue weighted by molar-refractivity contribution is 6.65. The second kappa shape index (κ2) is 9.27. The van der Waals surface area contributed by atoms with E-state index in [-0.39, 0.29) is 22.8 Å². The SMILES string of the molecule is CC(C)(C)CC(=O)N1CCC(OCCN2CCCC2)(C2C=CN=C(Cl)C2)CC1. The predicted molar refractivity (Wildman–Crippen MR) is 115 cm³/mol. The fourth-order valence-corrected chi connectivity index (χ4v) is 4.82. The Hall–Kier alpha value is -0.910. The Labute approximate surface area is 175 Å². The molecule has 1 amide bonds. The minimum Gasteiger partial charge on any atom is -0.373 e. The van der Waals surface area contributed by atoms with Crippen LogP contribution in [0.3, 0.4) is 0 Å². The molecule has 0 radical (unpaired) electrons. The van der Waals surface area contributed by atoms with Gasteiger partial charge in [0.1, 0.15) is 5.17 Å². The lowest BCUT2D eigenvalue weighted by atomic mass is 9.76. The number of likely N-dealkylation sites (tertiary alicyclic amines) is 2. The van der Waals surface area contributed by atoms with E-state index in [1.165, 1.54) is 25.9 Å². The normalized spacial score (nSPS) is 25.8. The van der Waals surface area contributed by atoms with Gasteiger partial charge in [-0.05, 0) is 44.2 Å². The topological polar surface area (TPSA) is 45.1 Å². The van der Waals surface area contributed by atoms with Crippen molar-refractivity contribution in [3.8, 4) is 0 Å². The maximum atomic E-state index is 12.7. The van der Waals surface area contributed by atoms with E-state index in [9.17, 15) is 4.79 Å². The molecule has 0 bridgehead atoms. The number of ether oxygens (including phenoxy) is 1. The Morgan fingerprint density at radius 3 is 2.54 bits per heavy atom. The molecule has 6 heteroatoms. The summed E-state index contributed by atoms with van der Waals surface area (Å²) in [4.78, 5) is 21.4. The molecule has 1 unspecified atom stereocenters. The van der Waals surface area contributed by atoms with Gasteiger partial charge in [0, 0.05) is 44.6 Å². The van der Waals surface area contributed by atoms with Gasteiger partial charge in [0.25, 0.3) is 0 Å². The van der Waals surface area contributed by atoms with E-state index < -0.39 is 0 Å². The summed E-state index contributed by atoms with van der Waals surface area (Å²) in [6.07, 6.45) is 9.62. The van der Waals surface area contributed by atoms with Crippen LogP contribution in [0.25, 0.3) is 0 Å². The van der Waals surface area contributed by atoms with E-state index in [1.807, 2.05) is 11.1 Å². The number of hydrogen-bond donors (Lipinski definition) is 0. The number of carbonyl (C=O) groups excluding carboxylic acids is 1. The molecule has 1 atom stereocenters. The molecule has 3 aliphatic rings. The maximum absolute atomic E-state index is 12.7. The first-order valence-corrected chi connectivity index (χ1v) is 11.2. The molecular formula is C22H36ClN3O2. The number of hydrogen-bond acceptors (Lipinski definition) is 4. The molecule has 2 saturated heterocycles. The van der Waals surface area contributed by atoms with E-state index in [1.54, 1.807) is 0 Å². The molecular weight excluding hydrogens is 374 g/mol.